The van der Waals surface area contributed by atoms with Crippen molar-refractivity contribution in [3.8, 4) is 0 Å². The highest BCUT2D eigenvalue weighted by molar-refractivity contribution is 5.97. The SMILES string of the molecule is CC(=O)c1nc2c(N)cc(C3CC3)cc2n1C.CCC.CCC(C)=O. The van der Waals surface area contributed by atoms with Gasteiger partial charge in [-0.05, 0) is 43.4 Å². The van der Waals surface area contributed by atoms with E-state index in [0.29, 0.717) is 23.9 Å². The number of aryl methyl sites for hydroxylation is 1. The zero-order valence-corrected chi connectivity index (χ0v) is 16.3. The van der Waals surface area contributed by atoms with Crippen molar-refractivity contribution >= 4 is 28.3 Å². The molecule has 25 heavy (non-hydrogen) atoms. The van der Waals surface area contributed by atoms with Gasteiger partial charge in [0.05, 0.1) is 11.2 Å². The topological polar surface area (TPSA) is 78.0 Å². The number of aromatic nitrogens is 2. The van der Waals surface area contributed by atoms with Gasteiger partial charge in [-0.3, -0.25) is 4.79 Å². The number of hydrogen-bond donors (Lipinski definition) is 1. The molecule has 0 saturated heterocycles. The monoisotopic (exact) mass is 345 g/mol. The van der Waals surface area contributed by atoms with Crippen LogP contribution >= 0.6 is 0 Å². The summed E-state index contributed by atoms with van der Waals surface area (Å²) < 4.78 is 1.83. The predicted molar refractivity (Wildman–Crippen MR) is 104 cm³/mol. The summed E-state index contributed by atoms with van der Waals surface area (Å²) in [6.45, 7) is 9.21. The Morgan fingerprint density at radius 1 is 1.20 bits per heavy atom. The number of nitrogen functional groups attached to an aromatic ring is 1. The van der Waals surface area contributed by atoms with Crippen LogP contribution in [0, 0.1) is 0 Å². The smallest absolute Gasteiger partial charge is 0.195 e. The molecule has 0 atom stereocenters. The number of ketones is 2. The highest BCUT2D eigenvalue weighted by atomic mass is 16.1. The van der Waals surface area contributed by atoms with E-state index >= 15 is 0 Å². The molecule has 0 amide bonds. The van der Waals surface area contributed by atoms with Crippen molar-refractivity contribution < 1.29 is 9.59 Å². The van der Waals surface area contributed by atoms with Crippen LogP contribution in [0.25, 0.3) is 11.0 Å². The molecule has 1 aliphatic carbocycles. The summed E-state index contributed by atoms with van der Waals surface area (Å²) in [6, 6.07) is 4.11. The van der Waals surface area contributed by atoms with Gasteiger partial charge in [-0.15, -0.1) is 0 Å². The number of Topliss-reactive ketones (excluding diaryl/α,β-unsaturated/α-hetero) is 2. The first-order chi connectivity index (χ1) is 11.8. The van der Waals surface area contributed by atoms with Crippen molar-refractivity contribution in [2.24, 2.45) is 7.05 Å². The maximum atomic E-state index is 11.5. The number of anilines is 1. The lowest BCUT2D eigenvalue weighted by atomic mass is 10.1. The maximum absolute atomic E-state index is 11.5. The van der Waals surface area contributed by atoms with Crippen molar-refractivity contribution in [1.82, 2.24) is 9.55 Å². The fourth-order valence-electron chi connectivity index (χ4n) is 2.30. The molecule has 5 nitrogen and oxygen atoms in total. The first kappa shape index (κ1) is 20.9. The highest BCUT2D eigenvalue weighted by Gasteiger charge is 2.25. The van der Waals surface area contributed by atoms with Crippen molar-refractivity contribution in [3.05, 3.63) is 23.5 Å². The lowest BCUT2D eigenvalue weighted by molar-refractivity contribution is -0.116. The van der Waals surface area contributed by atoms with Gasteiger partial charge in [0.1, 0.15) is 11.3 Å². The molecule has 0 radical (unpaired) electrons. The van der Waals surface area contributed by atoms with Crippen LogP contribution in [0.2, 0.25) is 0 Å². The number of rotatable bonds is 3. The molecule has 1 aromatic carbocycles. The lowest BCUT2D eigenvalue weighted by Gasteiger charge is -2.03. The molecule has 3 rings (SSSR count). The van der Waals surface area contributed by atoms with Crippen molar-refractivity contribution in [1.29, 1.82) is 0 Å². The zero-order chi connectivity index (χ0) is 19.1. The fourth-order valence-corrected chi connectivity index (χ4v) is 2.30. The van der Waals surface area contributed by atoms with Crippen molar-refractivity contribution in [2.75, 3.05) is 5.73 Å². The number of carbonyl (C=O) groups is 2. The van der Waals surface area contributed by atoms with Gasteiger partial charge in [0.15, 0.2) is 11.6 Å². The Bertz CT molecular complexity index is 743. The summed E-state index contributed by atoms with van der Waals surface area (Å²) in [4.78, 5) is 25.6. The van der Waals surface area contributed by atoms with Gasteiger partial charge in [-0.2, -0.15) is 0 Å². The largest absolute Gasteiger partial charge is 0.397 e. The Balaban J connectivity index is 0.000000333. The second kappa shape index (κ2) is 9.35. The predicted octanol–water partition coefficient (Wildman–Crippen LogP) is 4.64. The van der Waals surface area contributed by atoms with E-state index in [1.807, 2.05) is 24.6 Å². The number of carbonyl (C=O) groups excluding carboxylic acids is 2. The van der Waals surface area contributed by atoms with Crippen LogP contribution in [0.1, 0.15) is 82.4 Å². The maximum Gasteiger partial charge on any atom is 0.195 e. The number of imidazole rings is 1. The van der Waals surface area contributed by atoms with Crippen LogP contribution in [0.4, 0.5) is 5.69 Å². The van der Waals surface area contributed by atoms with Crippen LogP contribution in [0.3, 0.4) is 0 Å². The molecule has 138 valence electrons. The van der Waals surface area contributed by atoms with E-state index in [1.54, 1.807) is 6.92 Å². The molecule has 1 heterocycles. The average molecular weight is 345 g/mol. The van der Waals surface area contributed by atoms with Gasteiger partial charge in [0, 0.05) is 20.4 Å². The van der Waals surface area contributed by atoms with E-state index in [2.05, 4.69) is 24.9 Å². The summed E-state index contributed by atoms with van der Waals surface area (Å²) in [7, 11) is 1.86. The Morgan fingerprint density at radius 3 is 2.12 bits per heavy atom. The van der Waals surface area contributed by atoms with Crippen LogP contribution in [0.15, 0.2) is 12.1 Å². The highest BCUT2D eigenvalue weighted by Crippen LogP contribution is 2.42. The number of nitrogens with zero attached hydrogens (tertiary/aromatic N) is 2. The zero-order valence-electron chi connectivity index (χ0n) is 16.3. The third-order valence-corrected chi connectivity index (χ3v) is 3.90. The fraction of sp³-hybridized carbons (Fsp3) is 0.550. The van der Waals surface area contributed by atoms with Gasteiger partial charge < -0.3 is 15.1 Å². The average Bonchev–Trinajstić information content (AvgIpc) is 3.33. The minimum Gasteiger partial charge on any atom is -0.397 e. The minimum absolute atomic E-state index is 0.0314. The van der Waals surface area contributed by atoms with E-state index < -0.39 is 0 Å². The molecular formula is C20H31N3O2. The van der Waals surface area contributed by atoms with E-state index in [0.717, 1.165) is 11.0 Å². The molecule has 0 unspecified atom stereocenters. The number of fused-ring (bicyclic) bond motifs is 1. The summed E-state index contributed by atoms with van der Waals surface area (Å²) in [5.74, 6) is 1.35. The number of hydrogen-bond acceptors (Lipinski definition) is 4. The van der Waals surface area contributed by atoms with Crippen molar-refractivity contribution in [2.45, 2.75) is 66.2 Å². The molecule has 1 saturated carbocycles. The first-order valence-corrected chi connectivity index (χ1v) is 9.02. The van der Waals surface area contributed by atoms with Crippen LogP contribution < -0.4 is 5.73 Å². The van der Waals surface area contributed by atoms with E-state index in [4.69, 9.17) is 5.73 Å². The van der Waals surface area contributed by atoms with Gasteiger partial charge in [0.25, 0.3) is 0 Å². The Morgan fingerprint density at radius 2 is 1.72 bits per heavy atom. The summed E-state index contributed by atoms with van der Waals surface area (Å²) >= 11 is 0. The standard InChI is InChI=1S/C13H15N3O.C4H8O.C3H8/c1-7(17)13-15-12-10(14)5-9(8-3-4-8)6-11(12)16(13)2;1-3-4(2)5;1-3-2/h5-6,8H,3-4,14H2,1-2H3;3H2,1-2H3;3H2,1-2H3. The Kier molecular flexibility index (Phi) is 7.81. The molecule has 1 aromatic heterocycles. The van der Waals surface area contributed by atoms with Crippen LogP contribution in [-0.4, -0.2) is 21.1 Å². The van der Waals surface area contributed by atoms with Crippen LogP contribution in [0.5, 0.6) is 0 Å². The quantitative estimate of drug-likeness (QED) is 0.649. The van der Waals surface area contributed by atoms with Crippen LogP contribution in [-0.2, 0) is 11.8 Å². The van der Waals surface area contributed by atoms with E-state index in [-0.39, 0.29) is 11.6 Å². The molecule has 2 aromatic rings. The molecule has 5 heteroatoms. The second-order valence-corrected chi connectivity index (χ2v) is 6.57. The van der Waals surface area contributed by atoms with Gasteiger partial charge >= 0.3 is 0 Å². The molecule has 0 aliphatic heterocycles. The molecule has 1 aliphatic rings. The molecule has 0 bridgehead atoms. The summed E-state index contributed by atoms with van der Waals surface area (Å²) in [5, 5.41) is 0. The number of nitrogens with two attached hydrogens (primary N) is 1. The lowest BCUT2D eigenvalue weighted by Crippen LogP contribution is -2.02. The normalized spacial score (nSPS) is 12.7. The molecule has 0 spiro atoms. The van der Waals surface area contributed by atoms with Gasteiger partial charge in [0.2, 0.25) is 0 Å². The van der Waals surface area contributed by atoms with E-state index in [9.17, 15) is 9.59 Å². The van der Waals surface area contributed by atoms with Gasteiger partial charge in [-0.1, -0.05) is 27.2 Å². The molecule has 2 N–H and O–H groups in total. The summed E-state index contributed by atoms with van der Waals surface area (Å²) in [6.07, 6.45) is 4.39. The minimum atomic E-state index is -0.0314. The molecular weight excluding hydrogens is 314 g/mol. The Labute approximate surface area is 150 Å². The number of benzene rings is 1. The van der Waals surface area contributed by atoms with Crippen molar-refractivity contribution in [3.63, 3.8) is 0 Å². The van der Waals surface area contributed by atoms with E-state index in [1.165, 1.54) is 31.7 Å². The third-order valence-electron chi connectivity index (χ3n) is 3.90. The second-order valence-electron chi connectivity index (χ2n) is 6.57. The first-order valence-electron chi connectivity index (χ1n) is 9.02. The summed E-state index contributed by atoms with van der Waals surface area (Å²) in [5.41, 5.74) is 9.66. The third kappa shape index (κ3) is 5.69. The van der Waals surface area contributed by atoms with Gasteiger partial charge in [-0.25, -0.2) is 4.98 Å². The Hall–Kier alpha value is -2.17. The molecule has 1 fully saturated rings.